The second-order valence-electron chi connectivity index (χ2n) is 4.39. The smallest absolute Gasteiger partial charge is 0.176 e. The summed E-state index contributed by atoms with van der Waals surface area (Å²) in [6, 6.07) is 14.0. The predicted molar refractivity (Wildman–Crippen MR) is 79.7 cm³/mol. The van der Waals surface area contributed by atoms with E-state index in [0.717, 1.165) is 16.8 Å². The van der Waals surface area contributed by atoms with Gasteiger partial charge in [0.1, 0.15) is 0 Å². The van der Waals surface area contributed by atoms with E-state index in [1.807, 2.05) is 65.6 Å². The van der Waals surface area contributed by atoms with Gasteiger partial charge in [-0.25, -0.2) is 9.97 Å². The molecule has 0 atom stereocenters. The molecule has 0 bridgehead atoms. The summed E-state index contributed by atoms with van der Waals surface area (Å²) in [4.78, 5) is 8.88. The lowest BCUT2D eigenvalue weighted by Gasteiger charge is -2.05. The average Bonchev–Trinajstić information content (AvgIpc) is 2.97. The Hall–Kier alpha value is -2.86. The summed E-state index contributed by atoms with van der Waals surface area (Å²) in [5.74, 6) is 3.31. The van der Waals surface area contributed by atoms with Crippen molar-refractivity contribution in [3.05, 3.63) is 61.1 Å². The first-order valence-electron chi connectivity index (χ1n) is 6.35. The quantitative estimate of drug-likeness (QED) is 0.676. The summed E-state index contributed by atoms with van der Waals surface area (Å²) in [6.45, 7) is 0.520. The van der Waals surface area contributed by atoms with Crippen molar-refractivity contribution in [2.24, 2.45) is 0 Å². The monoisotopic (exact) mass is 259 g/mol. The minimum Gasteiger partial charge on any atom is -0.333 e. The maximum atomic E-state index is 5.36. The number of rotatable bonds is 3. The lowest BCUT2D eigenvalue weighted by atomic mass is 10.1. The summed E-state index contributed by atoms with van der Waals surface area (Å²) in [5, 5.41) is 0. The molecule has 0 fully saturated rings. The van der Waals surface area contributed by atoms with Crippen molar-refractivity contribution in [3.8, 4) is 35.0 Å². The summed E-state index contributed by atoms with van der Waals surface area (Å²) >= 11 is 0. The van der Waals surface area contributed by atoms with Gasteiger partial charge in [0.2, 0.25) is 0 Å². The van der Waals surface area contributed by atoms with Gasteiger partial charge < -0.3 is 4.57 Å². The molecule has 0 saturated carbocycles. The average molecular weight is 259 g/mol. The lowest BCUT2D eigenvalue weighted by molar-refractivity contribution is 0.850. The van der Waals surface area contributed by atoms with Crippen LogP contribution in [0.15, 0.2) is 61.1 Å². The highest BCUT2D eigenvalue weighted by Gasteiger charge is 2.06. The molecule has 0 saturated heterocycles. The normalized spacial score (nSPS) is 10.2. The van der Waals surface area contributed by atoms with Crippen LogP contribution >= 0.6 is 0 Å². The molecule has 0 spiro atoms. The molecule has 96 valence electrons. The molecule has 2 heterocycles. The van der Waals surface area contributed by atoms with E-state index in [4.69, 9.17) is 6.42 Å². The van der Waals surface area contributed by atoms with Gasteiger partial charge in [-0.3, -0.25) is 0 Å². The van der Waals surface area contributed by atoms with Crippen molar-refractivity contribution >= 4 is 0 Å². The van der Waals surface area contributed by atoms with Gasteiger partial charge in [0.05, 0.1) is 12.2 Å². The minimum atomic E-state index is 0.520. The van der Waals surface area contributed by atoms with Crippen LogP contribution in [-0.4, -0.2) is 14.5 Å². The highest BCUT2D eigenvalue weighted by atomic mass is 15.0. The maximum absolute atomic E-state index is 5.36. The Morgan fingerprint density at radius 1 is 0.950 bits per heavy atom. The minimum absolute atomic E-state index is 0.520. The van der Waals surface area contributed by atoms with E-state index in [2.05, 4.69) is 15.9 Å². The van der Waals surface area contributed by atoms with E-state index >= 15 is 0 Å². The van der Waals surface area contributed by atoms with E-state index in [1.54, 1.807) is 0 Å². The fourth-order valence-corrected chi connectivity index (χ4v) is 2.09. The molecule has 0 radical (unpaired) electrons. The molecule has 3 heteroatoms. The second-order valence-corrected chi connectivity index (χ2v) is 4.39. The van der Waals surface area contributed by atoms with E-state index in [1.165, 1.54) is 0 Å². The standard InChI is InChI=1S/C17H13N3/c1-2-10-20-11-6-9-16(20)17-18-12-15(13-19-17)14-7-4-3-5-8-14/h1,3-9,11-13H,10H2. The third kappa shape index (κ3) is 2.32. The molecule has 0 aliphatic carbocycles. The Morgan fingerprint density at radius 2 is 1.70 bits per heavy atom. The molecule has 0 N–H and O–H groups in total. The molecular formula is C17H13N3. The zero-order valence-electron chi connectivity index (χ0n) is 10.9. The Bertz CT molecular complexity index is 734. The predicted octanol–water partition coefficient (Wildman–Crippen LogP) is 3.25. The molecule has 0 unspecified atom stereocenters. The summed E-state index contributed by atoms with van der Waals surface area (Å²) in [6.07, 6.45) is 11.0. The van der Waals surface area contributed by atoms with Crippen LogP contribution in [0.3, 0.4) is 0 Å². The molecule has 3 rings (SSSR count). The van der Waals surface area contributed by atoms with Crippen molar-refractivity contribution < 1.29 is 0 Å². The summed E-state index contributed by atoms with van der Waals surface area (Å²) < 4.78 is 1.96. The largest absolute Gasteiger partial charge is 0.333 e. The third-order valence-corrected chi connectivity index (χ3v) is 3.08. The second kappa shape index (κ2) is 5.41. The van der Waals surface area contributed by atoms with Crippen molar-refractivity contribution in [2.75, 3.05) is 0 Å². The van der Waals surface area contributed by atoms with Gasteiger partial charge in [-0.15, -0.1) is 6.42 Å². The first-order valence-corrected chi connectivity index (χ1v) is 6.35. The van der Waals surface area contributed by atoms with Crippen LogP contribution in [0.1, 0.15) is 0 Å². The number of terminal acetylenes is 1. The number of hydrogen-bond acceptors (Lipinski definition) is 2. The van der Waals surface area contributed by atoms with Crippen LogP contribution in [0, 0.1) is 12.3 Å². The maximum Gasteiger partial charge on any atom is 0.176 e. The van der Waals surface area contributed by atoms with Crippen molar-refractivity contribution in [3.63, 3.8) is 0 Å². The van der Waals surface area contributed by atoms with Crippen LogP contribution in [0.2, 0.25) is 0 Å². The van der Waals surface area contributed by atoms with E-state index in [-0.39, 0.29) is 0 Å². The van der Waals surface area contributed by atoms with Gasteiger partial charge in [-0.1, -0.05) is 36.3 Å². The molecule has 2 aromatic heterocycles. The Balaban J connectivity index is 1.94. The zero-order valence-corrected chi connectivity index (χ0v) is 10.9. The van der Waals surface area contributed by atoms with Crippen LogP contribution in [0.25, 0.3) is 22.6 Å². The van der Waals surface area contributed by atoms with E-state index in [9.17, 15) is 0 Å². The fourth-order valence-electron chi connectivity index (χ4n) is 2.09. The van der Waals surface area contributed by atoms with Crippen molar-refractivity contribution in [2.45, 2.75) is 6.54 Å². The summed E-state index contributed by atoms with van der Waals surface area (Å²) in [7, 11) is 0. The van der Waals surface area contributed by atoms with Gasteiger partial charge in [-0.05, 0) is 17.7 Å². The Kier molecular flexibility index (Phi) is 3.30. The van der Waals surface area contributed by atoms with Gasteiger partial charge in [-0.2, -0.15) is 0 Å². The molecule has 20 heavy (non-hydrogen) atoms. The van der Waals surface area contributed by atoms with Gasteiger partial charge in [0, 0.05) is 24.2 Å². The molecule has 3 nitrogen and oxygen atoms in total. The highest BCUT2D eigenvalue weighted by molar-refractivity contribution is 5.62. The molecule has 1 aromatic carbocycles. The lowest BCUT2D eigenvalue weighted by Crippen LogP contribution is -1.99. The SMILES string of the molecule is C#CCn1cccc1-c1ncc(-c2ccccc2)cn1. The molecule has 0 amide bonds. The first kappa shape index (κ1) is 12.2. The Morgan fingerprint density at radius 3 is 2.40 bits per heavy atom. The molecule has 0 aliphatic rings. The molecule has 3 aromatic rings. The van der Waals surface area contributed by atoms with Crippen molar-refractivity contribution in [1.29, 1.82) is 0 Å². The first-order chi connectivity index (χ1) is 9.88. The van der Waals surface area contributed by atoms with Gasteiger partial charge in [0.15, 0.2) is 5.82 Å². The number of aromatic nitrogens is 3. The third-order valence-electron chi connectivity index (χ3n) is 3.08. The van der Waals surface area contributed by atoms with E-state index < -0.39 is 0 Å². The topological polar surface area (TPSA) is 30.7 Å². The molecule has 0 aliphatic heterocycles. The zero-order chi connectivity index (χ0) is 13.8. The molecular weight excluding hydrogens is 246 g/mol. The van der Waals surface area contributed by atoms with Crippen LogP contribution in [-0.2, 0) is 6.54 Å². The van der Waals surface area contributed by atoms with Gasteiger partial charge in [0.25, 0.3) is 0 Å². The van der Waals surface area contributed by atoms with Crippen LogP contribution in [0.5, 0.6) is 0 Å². The number of benzene rings is 1. The van der Waals surface area contributed by atoms with Gasteiger partial charge >= 0.3 is 0 Å². The number of nitrogens with zero attached hydrogens (tertiary/aromatic N) is 3. The van der Waals surface area contributed by atoms with E-state index in [0.29, 0.717) is 12.4 Å². The number of hydrogen-bond donors (Lipinski definition) is 0. The summed E-state index contributed by atoms with van der Waals surface area (Å²) in [5.41, 5.74) is 3.05. The van der Waals surface area contributed by atoms with Crippen LogP contribution < -0.4 is 0 Å². The fraction of sp³-hybridized carbons (Fsp3) is 0.0588. The van der Waals surface area contributed by atoms with Crippen molar-refractivity contribution in [1.82, 2.24) is 14.5 Å². The highest BCUT2D eigenvalue weighted by Crippen LogP contribution is 2.20. The Labute approximate surface area is 117 Å². The van der Waals surface area contributed by atoms with Crippen LogP contribution in [0.4, 0.5) is 0 Å².